The van der Waals surface area contributed by atoms with Gasteiger partial charge in [0.15, 0.2) is 0 Å². The zero-order valence-corrected chi connectivity index (χ0v) is 19.6. The van der Waals surface area contributed by atoms with E-state index >= 15 is 0 Å². The average Bonchev–Trinajstić information content (AvgIpc) is 2.73. The summed E-state index contributed by atoms with van der Waals surface area (Å²) in [6.45, 7) is 3.15. The minimum atomic E-state index is -3.34. The Bertz CT molecular complexity index is 907. The van der Waals surface area contributed by atoms with E-state index in [1.165, 1.54) is 16.4 Å². The highest BCUT2D eigenvalue weighted by molar-refractivity contribution is 7.89. The Kier molecular flexibility index (Phi) is 7.79. The summed E-state index contributed by atoms with van der Waals surface area (Å²) in [5, 5.41) is 2.67. The van der Waals surface area contributed by atoms with Gasteiger partial charge in [0.2, 0.25) is 15.9 Å². The summed E-state index contributed by atoms with van der Waals surface area (Å²) < 4.78 is 68.2. The number of nitrogens with zero attached hydrogens (tertiary/aromatic N) is 2. The van der Waals surface area contributed by atoms with E-state index in [1.807, 2.05) is 4.90 Å². The molecule has 0 unspecified atom stereocenters. The molecule has 1 aliphatic carbocycles. The summed E-state index contributed by atoms with van der Waals surface area (Å²) >= 11 is 5.98. The number of hydrogen-bond donors (Lipinski definition) is 1. The van der Waals surface area contributed by atoms with Crippen molar-refractivity contribution in [1.29, 1.82) is 0 Å². The largest absolute Gasteiger partial charge is 0.350 e. The van der Waals surface area contributed by atoms with Crippen molar-refractivity contribution in [3.8, 4) is 0 Å². The van der Waals surface area contributed by atoms with Crippen LogP contribution in [0.25, 0.3) is 0 Å². The van der Waals surface area contributed by atoms with Crippen molar-refractivity contribution in [3.63, 3.8) is 0 Å². The molecule has 1 aliphatic heterocycles. The first kappa shape index (κ1) is 25.3. The zero-order chi connectivity index (χ0) is 23.6. The number of halogens is 4. The highest BCUT2D eigenvalue weighted by atomic mass is 35.5. The van der Waals surface area contributed by atoms with Crippen LogP contribution in [0.4, 0.5) is 13.2 Å². The Hall–Kier alpha value is -1.36. The predicted molar refractivity (Wildman–Crippen MR) is 117 cm³/mol. The number of hydrogen-bond acceptors (Lipinski definition) is 4. The summed E-state index contributed by atoms with van der Waals surface area (Å²) in [7, 11) is -3.34. The molecule has 6 nitrogen and oxygen atoms in total. The molecule has 2 aliphatic rings. The number of piperazine rings is 1. The van der Waals surface area contributed by atoms with E-state index in [2.05, 4.69) is 5.32 Å². The van der Waals surface area contributed by atoms with Gasteiger partial charge in [-0.25, -0.2) is 21.6 Å². The van der Waals surface area contributed by atoms with Crippen molar-refractivity contribution in [1.82, 2.24) is 14.5 Å². The lowest BCUT2D eigenvalue weighted by atomic mass is 9.78. The first-order chi connectivity index (χ1) is 15.0. The molecule has 1 heterocycles. The quantitative estimate of drug-likeness (QED) is 0.628. The summed E-state index contributed by atoms with van der Waals surface area (Å²) in [5.41, 5.74) is -1.03. The van der Waals surface area contributed by atoms with Crippen molar-refractivity contribution in [2.45, 2.75) is 50.5 Å². The third kappa shape index (κ3) is 5.58. The van der Waals surface area contributed by atoms with Gasteiger partial charge in [0.1, 0.15) is 5.82 Å². The number of sulfonamides is 1. The molecule has 1 N–H and O–H groups in total. The Labute approximate surface area is 192 Å². The van der Waals surface area contributed by atoms with Crippen LogP contribution >= 0.6 is 11.6 Å². The molecule has 11 heteroatoms. The molecule has 180 valence electrons. The number of alkyl halides is 2. The molecule has 1 aromatic carbocycles. The molecule has 0 aromatic heterocycles. The number of amides is 1. The van der Waals surface area contributed by atoms with Gasteiger partial charge in [-0.3, -0.25) is 9.69 Å². The molecule has 1 amide bonds. The summed E-state index contributed by atoms with van der Waals surface area (Å²) in [6.07, 6.45) is 0.168. The van der Waals surface area contributed by atoms with Crippen LogP contribution in [0.5, 0.6) is 0 Å². The van der Waals surface area contributed by atoms with Crippen molar-refractivity contribution < 1.29 is 26.4 Å². The van der Waals surface area contributed by atoms with Gasteiger partial charge in [-0.15, -0.1) is 0 Å². The smallest absolute Gasteiger partial charge is 0.255 e. The van der Waals surface area contributed by atoms with Crippen LogP contribution in [0.2, 0.25) is 5.02 Å². The van der Waals surface area contributed by atoms with Crippen LogP contribution in [0, 0.1) is 5.82 Å². The first-order valence-corrected chi connectivity index (χ1v) is 12.8. The molecular formula is C21H29ClF3N3O3S. The third-order valence-electron chi connectivity index (χ3n) is 6.44. The van der Waals surface area contributed by atoms with Gasteiger partial charge in [0.25, 0.3) is 5.91 Å². The number of nitrogens with one attached hydrogen (secondary N) is 1. The first-order valence-electron chi connectivity index (χ1n) is 10.8. The van der Waals surface area contributed by atoms with Crippen LogP contribution in [0.3, 0.4) is 0 Å². The Morgan fingerprint density at radius 2 is 1.75 bits per heavy atom. The fourth-order valence-electron chi connectivity index (χ4n) is 4.56. The summed E-state index contributed by atoms with van der Waals surface area (Å²) in [5.74, 6) is -4.15. The van der Waals surface area contributed by atoms with E-state index in [1.54, 1.807) is 6.92 Å². The van der Waals surface area contributed by atoms with Gasteiger partial charge >= 0.3 is 0 Å². The zero-order valence-electron chi connectivity index (χ0n) is 18.0. The summed E-state index contributed by atoms with van der Waals surface area (Å²) in [4.78, 5) is 14.7. The van der Waals surface area contributed by atoms with Crippen LogP contribution in [0.1, 0.15) is 49.4 Å². The van der Waals surface area contributed by atoms with Crippen molar-refractivity contribution in [2.75, 3.05) is 38.5 Å². The minimum Gasteiger partial charge on any atom is -0.350 e. The van der Waals surface area contributed by atoms with Gasteiger partial charge in [-0.05, 0) is 31.4 Å². The maximum Gasteiger partial charge on any atom is 0.255 e. The van der Waals surface area contributed by atoms with Gasteiger partial charge in [-0.1, -0.05) is 24.6 Å². The Morgan fingerprint density at radius 1 is 1.12 bits per heavy atom. The molecule has 0 atom stereocenters. The van der Waals surface area contributed by atoms with E-state index in [9.17, 15) is 26.4 Å². The molecule has 1 aromatic rings. The fraction of sp³-hybridized carbons (Fsp3) is 0.667. The highest BCUT2D eigenvalue weighted by Crippen LogP contribution is 2.42. The number of rotatable bonds is 7. The predicted octanol–water partition coefficient (Wildman–Crippen LogP) is 3.51. The fourth-order valence-corrected chi connectivity index (χ4v) is 6.30. The summed E-state index contributed by atoms with van der Waals surface area (Å²) in [6, 6.07) is 3.94. The van der Waals surface area contributed by atoms with Crippen molar-refractivity contribution in [3.05, 3.63) is 34.6 Å². The van der Waals surface area contributed by atoms with E-state index in [0.29, 0.717) is 19.5 Å². The third-order valence-corrected chi connectivity index (χ3v) is 8.84. The highest BCUT2D eigenvalue weighted by Gasteiger charge is 2.47. The molecule has 0 bridgehead atoms. The maximum absolute atomic E-state index is 14.1. The molecule has 2 fully saturated rings. The van der Waals surface area contributed by atoms with E-state index < -0.39 is 33.2 Å². The second-order valence-electron chi connectivity index (χ2n) is 8.56. The van der Waals surface area contributed by atoms with E-state index in [0.717, 1.165) is 6.07 Å². The molecule has 32 heavy (non-hydrogen) atoms. The SMILES string of the molecule is CCCS(=O)(=O)N1CCN(C2(CNC(=O)c3c(F)cccc3Cl)CCC(F)(F)CC2)CC1. The van der Waals surface area contributed by atoms with Crippen molar-refractivity contribution in [2.24, 2.45) is 0 Å². The van der Waals surface area contributed by atoms with Crippen LogP contribution in [-0.4, -0.2) is 73.5 Å². The topological polar surface area (TPSA) is 69.7 Å². The molecule has 0 radical (unpaired) electrons. The van der Waals surface area contributed by atoms with Crippen molar-refractivity contribution >= 4 is 27.5 Å². The molecule has 0 spiro atoms. The standard InChI is InChI=1S/C21H29ClF3N3O3S/c1-2-14-32(30,31)28-12-10-27(11-13-28)20(6-8-21(24,25)9-7-20)15-26-19(29)18-16(22)4-3-5-17(18)23/h3-5H,2,6-15H2,1H3,(H,26,29). The van der Waals surface area contributed by atoms with Gasteiger partial charge < -0.3 is 5.32 Å². The van der Waals surface area contributed by atoms with Crippen LogP contribution in [-0.2, 0) is 10.0 Å². The Balaban J connectivity index is 1.74. The lowest BCUT2D eigenvalue weighted by molar-refractivity contribution is -0.0856. The Morgan fingerprint density at radius 3 is 2.31 bits per heavy atom. The molecule has 3 rings (SSSR count). The normalized spacial score (nSPS) is 21.9. The van der Waals surface area contributed by atoms with Gasteiger partial charge in [0, 0.05) is 51.1 Å². The maximum atomic E-state index is 14.1. The number of carbonyl (C=O) groups is 1. The minimum absolute atomic E-state index is 0.0264. The second kappa shape index (κ2) is 9.87. The second-order valence-corrected chi connectivity index (χ2v) is 11.1. The lowest BCUT2D eigenvalue weighted by Gasteiger charge is -2.50. The van der Waals surface area contributed by atoms with Gasteiger partial charge in [-0.2, -0.15) is 4.31 Å². The lowest BCUT2D eigenvalue weighted by Crippen LogP contribution is -2.63. The van der Waals surface area contributed by atoms with E-state index in [4.69, 9.17) is 11.6 Å². The number of carbonyl (C=O) groups excluding carboxylic acids is 1. The molecule has 1 saturated carbocycles. The van der Waals surface area contributed by atoms with Gasteiger partial charge in [0.05, 0.1) is 16.3 Å². The molecular weight excluding hydrogens is 467 g/mol. The monoisotopic (exact) mass is 495 g/mol. The van der Waals surface area contributed by atoms with E-state index in [-0.39, 0.29) is 61.7 Å². The van der Waals surface area contributed by atoms with Crippen LogP contribution in [0.15, 0.2) is 18.2 Å². The van der Waals surface area contributed by atoms with Crippen LogP contribution < -0.4 is 5.32 Å². The molecule has 1 saturated heterocycles. The number of benzene rings is 1. The average molecular weight is 496 g/mol.